The van der Waals surface area contributed by atoms with E-state index in [2.05, 4.69) is 72.8 Å². The number of aromatic nitrogens is 2. The maximum atomic E-state index is 4.87. The Kier molecular flexibility index (Phi) is 3.46. The van der Waals surface area contributed by atoms with Gasteiger partial charge in [-0.3, -0.25) is 4.98 Å². The number of nitrogens with zero attached hydrogens (tertiary/aromatic N) is 2. The van der Waals surface area contributed by atoms with Gasteiger partial charge >= 0.3 is 0 Å². The van der Waals surface area contributed by atoms with Crippen molar-refractivity contribution in [3.8, 4) is 22.4 Å². The van der Waals surface area contributed by atoms with E-state index >= 15 is 0 Å². The van der Waals surface area contributed by atoms with Crippen LogP contribution in [-0.4, -0.2) is 9.97 Å². The third kappa shape index (κ3) is 2.52. The molecule has 0 unspecified atom stereocenters. The highest BCUT2D eigenvalue weighted by atomic mass is 14.8. The van der Waals surface area contributed by atoms with Gasteiger partial charge in [0.15, 0.2) is 0 Å². The molecule has 0 aliphatic carbocycles. The van der Waals surface area contributed by atoms with E-state index in [-0.39, 0.29) is 0 Å². The Morgan fingerprint density at radius 2 is 1.35 bits per heavy atom. The molecule has 1 aromatic heterocycles. The molecule has 5 rings (SSSR count). The van der Waals surface area contributed by atoms with Crippen LogP contribution in [0.4, 0.5) is 0 Å². The van der Waals surface area contributed by atoms with Gasteiger partial charge < -0.3 is 0 Å². The van der Waals surface area contributed by atoms with E-state index in [1.54, 1.807) is 0 Å². The third-order valence-corrected chi connectivity index (χ3v) is 4.70. The Bertz CT molecular complexity index is 1230. The van der Waals surface area contributed by atoms with Crippen LogP contribution in [0, 0.1) is 0 Å². The fraction of sp³-hybridized carbons (Fsp3) is 0. The van der Waals surface area contributed by atoms with Crippen LogP contribution in [-0.2, 0) is 0 Å². The summed E-state index contributed by atoms with van der Waals surface area (Å²) in [4.78, 5) is 9.59. The van der Waals surface area contributed by atoms with Crippen molar-refractivity contribution in [1.82, 2.24) is 9.97 Å². The van der Waals surface area contributed by atoms with Crippen LogP contribution in [0.3, 0.4) is 0 Å². The lowest BCUT2D eigenvalue weighted by Crippen LogP contribution is -1.90. The Morgan fingerprint density at radius 3 is 2.27 bits per heavy atom. The Balaban J connectivity index is 1.64. The lowest BCUT2D eigenvalue weighted by molar-refractivity contribution is 1.30. The van der Waals surface area contributed by atoms with E-state index in [9.17, 15) is 0 Å². The van der Waals surface area contributed by atoms with Gasteiger partial charge in [-0.1, -0.05) is 78.9 Å². The predicted octanol–water partition coefficient (Wildman–Crippen LogP) is 6.12. The molecule has 0 radical (unpaired) electrons. The molecule has 0 aliphatic rings. The largest absolute Gasteiger partial charge is 0.252 e. The second-order valence-electron chi connectivity index (χ2n) is 6.36. The summed E-state index contributed by atoms with van der Waals surface area (Å²) in [5.41, 5.74) is 6.23. The van der Waals surface area contributed by atoms with Crippen LogP contribution in [0.1, 0.15) is 0 Å². The molecule has 26 heavy (non-hydrogen) atoms. The van der Waals surface area contributed by atoms with Gasteiger partial charge in [0, 0.05) is 10.9 Å². The summed E-state index contributed by atoms with van der Waals surface area (Å²) in [6.45, 7) is 0. The number of benzene rings is 4. The van der Waals surface area contributed by atoms with Gasteiger partial charge in [-0.2, -0.15) is 0 Å². The van der Waals surface area contributed by atoms with Crippen molar-refractivity contribution in [3.63, 3.8) is 0 Å². The molecule has 0 N–H and O–H groups in total. The third-order valence-electron chi connectivity index (χ3n) is 4.70. The van der Waals surface area contributed by atoms with Gasteiger partial charge in [-0.05, 0) is 28.6 Å². The zero-order valence-electron chi connectivity index (χ0n) is 14.1. The van der Waals surface area contributed by atoms with E-state index < -0.39 is 0 Å². The van der Waals surface area contributed by atoms with Gasteiger partial charge in [0.05, 0.1) is 22.9 Å². The summed E-state index contributed by atoms with van der Waals surface area (Å²) in [6, 6.07) is 31.3. The molecule has 0 atom stereocenters. The lowest BCUT2D eigenvalue weighted by atomic mass is 10.0. The summed E-state index contributed by atoms with van der Waals surface area (Å²) in [6.07, 6.45) is 1.87. The summed E-state index contributed by atoms with van der Waals surface area (Å²) in [7, 11) is 0. The molecular formula is C24H16N2. The van der Waals surface area contributed by atoms with Crippen molar-refractivity contribution in [1.29, 1.82) is 0 Å². The highest BCUT2D eigenvalue weighted by Crippen LogP contribution is 2.28. The molecule has 0 amide bonds. The maximum Gasteiger partial charge on any atom is 0.0965 e. The van der Waals surface area contributed by atoms with Gasteiger partial charge in [0.2, 0.25) is 0 Å². The zero-order valence-corrected chi connectivity index (χ0v) is 14.1. The number of fused-ring (bicyclic) bond motifs is 3. The zero-order chi connectivity index (χ0) is 17.3. The van der Waals surface area contributed by atoms with Gasteiger partial charge in [-0.25, -0.2) is 4.98 Å². The quantitative estimate of drug-likeness (QED) is 0.364. The number of rotatable bonds is 2. The highest BCUT2D eigenvalue weighted by Gasteiger charge is 2.07. The van der Waals surface area contributed by atoms with E-state index in [4.69, 9.17) is 9.97 Å². The second kappa shape index (κ2) is 6.08. The summed E-state index contributed by atoms with van der Waals surface area (Å²) in [5.74, 6) is 0. The fourth-order valence-electron chi connectivity index (χ4n) is 3.38. The van der Waals surface area contributed by atoms with Gasteiger partial charge in [-0.15, -0.1) is 0 Å². The van der Waals surface area contributed by atoms with Gasteiger partial charge in [0.1, 0.15) is 0 Å². The molecule has 0 saturated carbocycles. The first-order chi connectivity index (χ1) is 12.9. The van der Waals surface area contributed by atoms with Crippen LogP contribution in [0.15, 0.2) is 97.2 Å². The van der Waals surface area contributed by atoms with Crippen molar-refractivity contribution in [3.05, 3.63) is 97.2 Å². The highest BCUT2D eigenvalue weighted by molar-refractivity contribution is 6.04. The topological polar surface area (TPSA) is 25.8 Å². The van der Waals surface area contributed by atoms with Crippen LogP contribution >= 0.6 is 0 Å². The molecule has 2 nitrogen and oxygen atoms in total. The van der Waals surface area contributed by atoms with E-state index in [1.807, 2.05) is 24.4 Å². The van der Waals surface area contributed by atoms with E-state index in [0.29, 0.717) is 0 Å². The van der Waals surface area contributed by atoms with Crippen LogP contribution < -0.4 is 0 Å². The smallest absolute Gasteiger partial charge is 0.0965 e. The molecule has 4 aromatic carbocycles. The average Bonchev–Trinajstić information content (AvgIpc) is 2.74. The van der Waals surface area contributed by atoms with Crippen LogP contribution in [0.25, 0.3) is 44.2 Å². The number of hydrogen-bond acceptors (Lipinski definition) is 2. The average molecular weight is 332 g/mol. The minimum atomic E-state index is 0.894. The lowest BCUT2D eigenvalue weighted by Gasteiger charge is -2.07. The van der Waals surface area contributed by atoms with Crippen LogP contribution in [0.2, 0.25) is 0 Å². The molecular weight excluding hydrogens is 316 g/mol. The predicted molar refractivity (Wildman–Crippen MR) is 108 cm³/mol. The second-order valence-corrected chi connectivity index (χ2v) is 6.36. The minimum absolute atomic E-state index is 0.894. The molecule has 5 aromatic rings. The number of hydrogen-bond donors (Lipinski definition) is 0. The molecule has 0 saturated heterocycles. The first kappa shape index (κ1) is 14.8. The fourth-order valence-corrected chi connectivity index (χ4v) is 3.38. The van der Waals surface area contributed by atoms with Crippen molar-refractivity contribution >= 4 is 21.8 Å². The molecule has 2 heteroatoms. The summed E-state index contributed by atoms with van der Waals surface area (Å²) >= 11 is 0. The molecule has 0 aliphatic heterocycles. The molecule has 0 fully saturated rings. The van der Waals surface area contributed by atoms with Crippen molar-refractivity contribution in [2.24, 2.45) is 0 Å². The Hall–Kier alpha value is -3.52. The first-order valence-corrected chi connectivity index (χ1v) is 8.69. The monoisotopic (exact) mass is 332 g/mol. The normalized spacial score (nSPS) is 11.1. The van der Waals surface area contributed by atoms with E-state index in [1.165, 1.54) is 16.5 Å². The standard InChI is InChI=1S/C24H16N2/c1-2-7-17(8-3-1)19-10-6-11-20(15-19)23-16-25-24-21-12-5-4-9-18(21)13-14-22(24)26-23/h1-16H. The Labute approximate surface area is 151 Å². The van der Waals surface area contributed by atoms with Crippen molar-refractivity contribution in [2.45, 2.75) is 0 Å². The molecule has 0 spiro atoms. The van der Waals surface area contributed by atoms with Crippen molar-refractivity contribution in [2.75, 3.05) is 0 Å². The summed E-state index contributed by atoms with van der Waals surface area (Å²) < 4.78 is 0. The van der Waals surface area contributed by atoms with Gasteiger partial charge in [0.25, 0.3) is 0 Å². The molecule has 122 valence electrons. The Morgan fingerprint density at radius 1 is 0.577 bits per heavy atom. The SMILES string of the molecule is c1ccc(-c2cccc(-c3cnc4c(ccc5ccccc54)n3)c2)cc1. The maximum absolute atomic E-state index is 4.87. The molecule has 0 bridgehead atoms. The van der Waals surface area contributed by atoms with Crippen LogP contribution in [0.5, 0.6) is 0 Å². The van der Waals surface area contributed by atoms with Crippen molar-refractivity contribution < 1.29 is 0 Å². The first-order valence-electron chi connectivity index (χ1n) is 8.69. The van der Waals surface area contributed by atoms with E-state index in [0.717, 1.165) is 27.7 Å². The summed E-state index contributed by atoms with van der Waals surface area (Å²) in [5, 5.41) is 2.33. The molecule has 1 heterocycles. The minimum Gasteiger partial charge on any atom is -0.252 e.